The zero-order valence-corrected chi connectivity index (χ0v) is 9.08. The van der Waals surface area contributed by atoms with Crippen LogP contribution in [0.5, 0.6) is 0 Å². The molecule has 0 radical (unpaired) electrons. The molecule has 0 spiro atoms. The molecule has 5 heteroatoms. The Kier molecular flexibility index (Phi) is 3.08. The van der Waals surface area contributed by atoms with Crippen molar-refractivity contribution in [3.63, 3.8) is 0 Å². The van der Waals surface area contributed by atoms with E-state index in [2.05, 4.69) is 21.0 Å². The number of aromatic carboxylic acids is 1. The highest BCUT2D eigenvalue weighted by Gasteiger charge is 2.18. The second kappa shape index (κ2) is 3.91. The average molecular weight is 247 g/mol. The van der Waals surface area contributed by atoms with Gasteiger partial charge in [0.15, 0.2) is 5.69 Å². The SMILES string of the molecule is CCC(C)n1ncc(Br)c1C(=O)O. The predicted octanol–water partition coefficient (Wildman–Crippen LogP) is 2.31. The Bertz CT molecular complexity index is 322. The topological polar surface area (TPSA) is 55.1 Å². The maximum atomic E-state index is 10.8. The molecule has 4 nitrogen and oxygen atoms in total. The van der Waals surface area contributed by atoms with Crippen LogP contribution in [0.4, 0.5) is 0 Å². The van der Waals surface area contributed by atoms with Crippen molar-refractivity contribution in [2.45, 2.75) is 26.3 Å². The van der Waals surface area contributed by atoms with Gasteiger partial charge in [0.2, 0.25) is 0 Å². The van der Waals surface area contributed by atoms with E-state index in [1.54, 1.807) is 0 Å². The van der Waals surface area contributed by atoms with E-state index >= 15 is 0 Å². The molecule has 0 aromatic carbocycles. The summed E-state index contributed by atoms with van der Waals surface area (Å²) in [6.07, 6.45) is 2.37. The molecule has 0 amide bonds. The molecule has 0 saturated carbocycles. The van der Waals surface area contributed by atoms with Gasteiger partial charge in [-0.05, 0) is 29.3 Å². The molecule has 13 heavy (non-hydrogen) atoms. The summed E-state index contributed by atoms with van der Waals surface area (Å²) in [7, 11) is 0. The molecule has 1 N–H and O–H groups in total. The molecular weight excluding hydrogens is 236 g/mol. The maximum Gasteiger partial charge on any atom is 0.355 e. The number of carboxylic acid groups (broad SMARTS) is 1. The summed E-state index contributed by atoms with van der Waals surface area (Å²) in [6, 6.07) is 0.109. The van der Waals surface area contributed by atoms with Gasteiger partial charge in [0.05, 0.1) is 10.7 Å². The lowest BCUT2D eigenvalue weighted by Crippen LogP contribution is -2.13. The van der Waals surface area contributed by atoms with Crippen LogP contribution in [0.25, 0.3) is 0 Å². The molecule has 0 saturated heterocycles. The molecule has 72 valence electrons. The molecule has 0 aliphatic carbocycles. The smallest absolute Gasteiger partial charge is 0.355 e. The molecule has 1 rings (SSSR count). The highest BCUT2D eigenvalue weighted by atomic mass is 79.9. The number of carbonyl (C=O) groups is 1. The zero-order chi connectivity index (χ0) is 10.0. The van der Waals surface area contributed by atoms with Gasteiger partial charge >= 0.3 is 5.97 Å². The molecular formula is C8H11BrN2O2. The first-order valence-corrected chi connectivity index (χ1v) is 4.83. The first-order chi connectivity index (χ1) is 6.07. The largest absolute Gasteiger partial charge is 0.476 e. The Morgan fingerprint density at radius 2 is 2.46 bits per heavy atom. The molecule has 0 fully saturated rings. The Balaban J connectivity index is 3.14. The summed E-state index contributed by atoms with van der Waals surface area (Å²) in [6.45, 7) is 3.93. The molecule has 0 aliphatic heterocycles. The van der Waals surface area contributed by atoms with Crippen molar-refractivity contribution in [1.29, 1.82) is 0 Å². The van der Waals surface area contributed by atoms with E-state index < -0.39 is 5.97 Å². The van der Waals surface area contributed by atoms with Gasteiger partial charge in [-0.3, -0.25) is 4.68 Å². The van der Waals surface area contributed by atoms with Crippen LogP contribution in [0.3, 0.4) is 0 Å². The third-order valence-corrected chi connectivity index (χ3v) is 2.54. The number of hydrogen-bond acceptors (Lipinski definition) is 2. The average Bonchev–Trinajstić information content (AvgIpc) is 2.45. The first-order valence-electron chi connectivity index (χ1n) is 4.04. The fourth-order valence-electron chi connectivity index (χ4n) is 1.05. The monoisotopic (exact) mass is 246 g/mol. The molecule has 0 bridgehead atoms. The highest BCUT2D eigenvalue weighted by Crippen LogP contribution is 2.20. The number of carboxylic acids is 1. The van der Waals surface area contributed by atoms with Crippen LogP contribution in [-0.2, 0) is 0 Å². The molecule has 1 heterocycles. The second-order valence-electron chi connectivity index (χ2n) is 2.85. The van der Waals surface area contributed by atoms with Gasteiger partial charge in [-0.1, -0.05) is 6.92 Å². The summed E-state index contributed by atoms with van der Waals surface area (Å²) in [5, 5.41) is 12.9. The summed E-state index contributed by atoms with van der Waals surface area (Å²) in [5.41, 5.74) is 0.217. The van der Waals surface area contributed by atoms with Crippen molar-refractivity contribution >= 4 is 21.9 Å². The fourth-order valence-corrected chi connectivity index (χ4v) is 1.49. The molecule has 0 aliphatic rings. The number of halogens is 1. The third kappa shape index (κ3) is 1.91. The van der Waals surface area contributed by atoms with Crippen molar-refractivity contribution in [1.82, 2.24) is 9.78 Å². The Morgan fingerprint density at radius 3 is 2.92 bits per heavy atom. The van der Waals surface area contributed by atoms with Crippen LogP contribution in [0.2, 0.25) is 0 Å². The van der Waals surface area contributed by atoms with Crippen molar-refractivity contribution < 1.29 is 9.90 Å². The normalized spacial score (nSPS) is 12.8. The van der Waals surface area contributed by atoms with Crippen molar-refractivity contribution in [3.05, 3.63) is 16.4 Å². The number of hydrogen-bond donors (Lipinski definition) is 1. The maximum absolute atomic E-state index is 10.8. The van der Waals surface area contributed by atoms with Crippen LogP contribution in [-0.4, -0.2) is 20.9 Å². The van der Waals surface area contributed by atoms with Crippen LogP contribution in [0, 0.1) is 0 Å². The van der Waals surface area contributed by atoms with Crippen molar-refractivity contribution in [3.8, 4) is 0 Å². The molecule has 1 aromatic rings. The van der Waals surface area contributed by atoms with Crippen LogP contribution < -0.4 is 0 Å². The van der Waals surface area contributed by atoms with E-state index in [0.29, 0.717) is 4.47 Å². The van der Waals surface area contributed by atoms with Crippen LogP contribution >= 0.6 is 15.9 Å². The highest BCUT2D eigenvalue weighted by molar-refractivity contribution is 9.10. The molecule has 1 atom stereocenters. The standard InChI is InChI=1S/C8H11BrN2O2/c1-3-5(2)11-7(8(12)13)6(9)4-10-11/h4-5H,3H2,1-2H3,(H,12,13). The Labute approximate surface area is 84.7 Å². The van der Waals surface area contributed by atoms with Gasteiger partial charge in [0.1, 0.15) is 0 Å². The third-order valence-electron chi connectivity index (χ3n) is 1.96. The van der Waals surface area contributed by atoms with E-state index in [1.165, 1.54) is 10.9 Å². The van der Waals surface area contributed by atoms with Gasteiger partial charge < -0.3 is 5.11 Å². The van der Waals surface area contributed by atoms with E-state index in [-0.39, 0.29) is 11.7 Å². The fraction of sp³-hybridized carbons (Fsp3) is 0.500. The number of aromatic nitrogens is 2. The number of rotatable bonds is 3. The van der Waals surface area contributed by atoms with Crippen LogP contribution in [0.15, 0.2) is 10.7 Å². The quantitative estimate of drug-likeness (QED) is 0.891. The van der Waals surface area contributed by atoms with E-state index in [4.69, 9.17) is 5.11 Å². The lowest BCUT2D eigenvalue weighted by molar-refractivity contribution is 0.0679. The van der Waals surface area contributed by atoms with Crippen LogP contribution in [0.1, 0.15) is 36.8 Å². The van der Waals surface area contributed by atoms with Gasteiger partial charge in [-0.15, -0.1) is 0 Å². The van der Waals surface area contributed by atoms with Gasteiger partial charge in [0.25, 0.3) is 0 Å². The van der Waals surface area contributed by atoms with E-state index in [9.17, 15) is 4.79 Å². The van der Waals surface area contributed by atoms with E-state index in [0.717, 1.165) is 6.42 Å². The van der Waals surface area contributed by atoms with Crippen molar-refractivity contribution in [2.24, 2.45) is 0 Å². The minimum Gasteiger partial charge on any atom is -0.476 e. The Morgan fingerprint density at radius 1 is 1.85 bits per heavy atom. The number of nitrogens with zero attached hydrogens (tertiary/aromatic N) is 2. The lowest BCUT2D eigenvalue weighted by Gasteiger charge is -2.10. The van der Waals surface area contributed by atoms with E-state index in [1.807, 2.05) is 13.8 Å². The van der Waals surface area contributed by atoms with Crippen molar-refractivity contribution in [2.75, 3.05) is 0 Å². The minimum absolute atomic E-state index is 0.109. The second-order valence-corrected chi connectivity index (χ2v) is 3.70. The summed E-state index contributed by atoms with van der Waals surface area (Å²) >= 11 is 3.15. The predicted molar refractivity (Wildman–Crippen MR) is 51.9 cm³/mol. The summed E-state index contributed by atoms with van der Waals surface area (Å²) in [4.78, 5) is 10.8. The molecule has 1 aromatic heterocycles. The summed E-state index contributed by atoms with van der Waals surface area (Å²) in [5.74, 6) is -0.954. The lowest BCUT2D eigenvalue weighted by atomic mass is 10.2. The summed E-state index contributed by atoms with van der Waals surface area (Å²) < 4.78 is 2.05. The van der Waals surface area contributed by atoms with Gasteiger partial charge in [0, 0.05) is 6.04 Å². The Hall–Kier alpha value is -0.840. The van der Waals surface area contributed by atoms with Gasteiger partial charge in [-0.25, -0.2) is 4.79 Å². The van der Waals surface area contributed by atoms with Gasteiger partial charge in [-0.2, -0.15) is 5.10 Å². The zero-order valence-electron chi connectivity index (χ0n) is 7.49. The first kappa shape index (κ1) is 10.2. The molecule has 1 unspecified atom stereocenters. The minimum atomic E-state index is -0.954.